The summed E-state index contributed by atoms with van der Waals surface area (Å²) in [6.07, 6.45) is 1.94. The molecule has 0 atom stereocenters. The number of hydrogen-bond acceptors (Lipinski definition) is 5. The fourth-order valence-electron chi connectivity index (χ4n) is 2.49. The third-order valence-corrected chi connectivity index (χ3v) is 4.38. The molecule has 3 aromatic rings. The van der Waals surface area contributed by atoms with E-state index in [1.807, 2.05) is 0 Å². The Morgan fingerprint density at radius 2 is 2.07 bits per heavy atom. The smallest absolute Gasteiger partial charge is 0.255 e. The van der Waals surface area contributed by atoms with E-state index in [2.05, 4.69) is 30.6 Å². The second-order valence-corrected chi connectivity index (χ2v) is 7.34. The van der Waals surface area contributed by atoms with Crippen LogP contribution in [-0.4, -0.2) is 44.4 Å². The van der Waals surface area contributed by atoms with E-state index >= 15 is 0 Å². The van der Waals surface area contributed by atoms with Crippen LogP contribution in [0.1, 0.15) is 18.1 Å². The highest BCUT2D eigenvalue weighted by molar-refractivity contribution is 6.33. The number of aromatic amines is 1. The molecule has 3 aromatic heterocycles. The number of nitrogens with zero attached hydrogens (tertiary/aromatic N) is 3. The number of carbonyl (C=O) groups is 1. The van der Waals surface area contributed by atoms with Gasteiger partial charge in [0.25, 0.3) is 6.43 Å². The summed E-state index contributed by atoms with van der Waals surface area (Å²) in [7, 11) is 0. The maximum absolute atomic E-state index is 12.3. The van der Waals surface area contributed by atoms with Crippen LogP contribution >= 0.6 is 23.2 Å². The highest BCUT2D eigenvalue weighted by atomic mass is 35.5. The van der Waals surface area contributed by atoms with Gasteiger partial charge in [-0.2, -0.15) is 0 Å². The molecule has 0 aliphatic heterocycles. The number of alkyl halides is 2. The van der Waals surface area contributed by atoms with Crippen molar-refractivity contribution in [1.82, 2.24) is 25.3 Å². The summed E-state index contributed by atoms with van der Waals surface area (Å²) in [5.74, 6) is -0.105. The third-order valence-electron chi connectivity index (χ3n) is 3.90. The molecular formula is C17H22Cl2F2N6O. The average Bonchev–Trinajstić information content (AvgIpc) is 3.04. The molecule has 1 amide bonds. The third kappa shape index (κ3) is 4.31. The van der Waals surface area contributed by atoms with Crippen LogP contribution in [0.5, 0.6) is 0 Å². The lowest BCUT2D eigenvalue weighted by Crippen LogP contribution is -2.49. The normalized spacial score (nSPS) is 11.8. The molecule has 0 radical (unpaired) electrons. The number of H-pyrrole nitrogens is 1. The zero-order valence-corrected chi connectivity index (χ0v) is 16.4. The number of anilines is 1. The van der Waals surface area contributed by atoms with E-state index < -0.39 is 24.4 Å². The summed E-state index contributed by atoms with van der Waals surface area (Å²) in [5, 5.41) is 6.40. The molecule has 0 fully saturated rings. The lowest BCUT2D eigenvalue weighted by Gasteiger charge is -2.26. The van der Waals surface area contributed by atoms with Crippen molar-refractivity contribution in [2.24, 2.45) is 0 Å². The van der Waals surface area contributed by atoms with E-state index in [1.54, 1.807) is 12.3 Å². The van der Waals surface area contributed by atoms with Crippen molar-refractivity contribution in [3.8, 4) is 11.4 Å². The summed E-state index contributed by atoms with van der Waals surface area (Å²) in [6, 6.07) is 1.72. The number of hydrogen-bond donors (Lipinski definition) is 3. The number of nitrogens with one attached hydrogen (secondary N) is 3. The van der Waals surface area contributed by atoms with E-state index in [1.165, 1.54) is 26.2 Å². The van der Waals surface area contributed by atoms with E-state index in [9.17, 15) is 13.6 Å². The number of fused-ring (bicyclic) bond motifs is 1. The second-order valence-electron chi connectivity index (χ2n) is 6.49. The minimum atomic E-state index is -2.64. The molecule has 3 rings (SSSR count). The molecule has 28 heavy (non-hydrogen) atoms. The van der Waals surface area contributed by atoms with Gasteiger partial charge in [0.2, 0.25) is 5.91 Å². The van der Waals surface area contributed by atoms with Crippen molar-refractivity contribution in [3.05, 3.63) is 34.7 Å². The lowest BCUT2D eigenvalue weighted by molar-refractivity contribution is -0.125. The Balaban J connectivity index is 0.00000300. The summed E-state index contributed by atoms with van der Waals surface area (Å²) in [4.78, 5) is 28.0. The largest absolute Gasteiger partial charge is 0.355 e. The first-order valence-electron chi connectivity index (χ1n) is 8.17. The number of aromatic nitrogens is 4. The van der Waals surface area contributed by atoms with Crippen molar-refractivity contribution in [2.75, 3.05) is 11.9 Å². The van der Waals surface area contributed by atoms with Crippen LogP contribution in [0.4, 0.5) is 14.6 Å². The van der Waals surface area contributed by atoms with E-state index in [0.29, 0.717) is 22.1 Å². The fraction of sp³-hybridized carbons (Fsp3) is 0.294. The van der Waals surface area contributed by atoms with Crippen LogP contribution in [-0.2, 0) is 4.79 Å². The molecule has 0 unspecified atom stereocenters. The molecule has 11 heteroatoms. The minimum absolute atomic E-state index is 0. The summed E-state index contributed by atoms with van der Waals surface area (Å²) in [6.45, 7) is 2.32. The van der Waals surface area contributed by atoms with Crippen molar-refractivity contribution >= 4 is 46.0 Å². The molecule has 0 aromatic carbocycles. The van der Waals surface area contributed by atoms with Crippen LogP contribution < -0.4 is 10.6 Å². The number of halogens is 4. The van der Waals surface area contributed by atoms with Crippen LogP contribution in [0.25, 0.3) is 22.4 Å². The number of pyridine rings is 1. The van der Waals surface area contributed by atoms with Crippen molar-refractivity contribution < 1.29 is 17.9 Å². The van der Waals surface area contributed by atoms with E-state index in [4.69, 9.17) is 23.2 Å². The molecule has 154 valence electrons. The quantitative estimate of drug-likeness (QED) is 0.525. The van der Waals surface area contributed by atoms with E-state index in [0.717, 1.165) is 5.39 Å². The molecule has 0 saturated heterocycles. The topological polar surface area (TPSA) is 95.6 Å². The molecule has 0 saturated carbocycles. The van der Waals surface area contributed by atoms with Gasteiger partial charge < -0.3 is 15.6 Å². The zero-order chi connectivity index (χ0) is 20.5. The summed E-state index contributed by atoms with van der Waals surface area (Å²) in [5.41, 5.74) is 0.0127. The Morgan fingerprint density at radius 3 is 2.79 bits per heavy atom. The fourth-order valence-corrected chi connectivity index (χ4v) is 2.79. The molecule has 0 bridgehead atoms. The number of amides is 1. The van der Waals surface area contributed by atoms with Gasteiger partial charge in [-0.3, -0.25) is 4.79 Å². The highest BCUT2D eigenvalue weighted by Crippen LogP contribution is 2.30. The lowest BCUT2D eigenvalue weighted by atomic mass is 10.0. The molecule has 0 aliphatic rings. The average molecular weight is 435 g/mol. The van der Waals surface area contributed by atoms with Gasteiger partial charge in [0.15, 0.2) is 5.82 Å². The van der Waals surface area contributed by atoms with Gasteiger partial charge in [-0.15, -0.1) is 0 Å². The Labute approximate surface area is 173 Å². The first kappa shape index (κ1) is 20.2. The predicted molar refractivity (Wildman–Crippen MR) is 110 cm³/mol. The van der Waals surface area contributed by atoms with Crippen molar-refractivity contribution in [3.63, 3.8) is 0 Å². The highest BCUT2D eigenvalue weighted by Gasteiger charge is 2.29. The Hall–Kier alpha value is -2.52. The van der Waals surface area contributed by atoms with Gasteiger partial charge in [-0.25, -0.2) is 23.7 Å². The molecule has 0 aliphatic carbocycles. The number of carbonyl (C=O) groups excluding carboxylic acids is 1. The Bertz CT molecular complexity index is 1040. The molecule has 3 heterocycles. The van der Waals surface area contributed by atoms with Gasteiger partial charge in [-0.05, 0) is 19.9 Å². The summed E-state index contributed by atoms with van der Waals surface area (Å²) < 4.78 is 24.7. The second kappa shape index (κ2) is 7.84. The van der Waals surface area contributed by atoms with Crippen LogP contribution in [0.3, 0.4) is 0 Å². The molecular weight excluding hydrogens is 413 g/mol. The maximum Gasteiger partial charge on any atom is 0.255 e. The van der Waals surface area contributed by atoms with Crippen LogP contribution in [0.2, 0.25) is 10.0 Å². The molecule has 3 N–H and O–H groups in total. The predicted octanol–water partition coefficient (Wildman–Crippen LogP) is 4.64. The maximum atomic E-state index is 12.3. The van der Waals surface area contributed by atoms with E-state index in [-0.39, 0.29) is 15.1 Å². The van der Waals surface area contributed by atoms with Gasteiger partial charge in [0, 0.05) is 27.6 Å². The van der Waals surface area contributed by atoms with Crippen LogP contribution in [0, 0.1) is 0 Å². The van der Waals surface area contributed by atoms with Gasteiger partial charge in [0.1, 0.15) is 22.0 Å². The van der Waals surface area contributed by atoms with Crippen molar-refractivity contribution in [1.29, 1.82) is 0 Å². The zero-order valence-electron chi connectivity index (χ0n) is 14.9. The van der Waals surface area contributed by atoms with Crippen LogP contribution in [0.15, 0.2) is 24.7 Å². The minimum Gasteiger partial charge on any atom is -0.355 e. The molecule has 0 spiro atoms. The van der Waals surface area contributed by atoms with Gasteiger partial charge in [-0.1, -0.05) is 23.2 Å². The number of rotatable bonds is 6. The Morgan fingerprint density at radius 1 is 1.32 bits per heavy atom. The summed E-state index contributed by atoms with van der Waals surface area (Å²) >= 11 is 12.2. The van der Waals surface area contributed by atoms with Crippen molar-refractivity contribution in [2.45, 2.75) is 25.8 Å². The van der Waals surface area contributed by atoms with Gasteiger partial charge in [0.05, 0.1) is 17.8 Å². The first-order valence-corrected chi connectivity index (χ1v) is 8.93. The van der Waals surface area contributed by atoms with Gasteiger partial charge >= 0.3 is 0 Å². The standard InChI is InChI=1S/C17H16Cl2F2N6O.3H2/c1-17(2,16(28)25-7-12(20)21)27-15-11(19)6-24-14(26-15)10-5-23-13-9(10)3-8(18)4-22-13;;;/h3-6,12H,7H2,1-2H3,(H,22,23)(H,25,28)(H,24,26,27);3*1H. The monoisotopic (exact) mass is 434 g/mol. The Kier molecular flexibility index (Phi) is 5.66. The first-order chi connectivity index (χ1) is 13.2. The molecule has 7 nitrogen and oxygen atoms in total. The SMILES string of the molecule is CC(C)(Nc1nc(-c2c[nH]c3ncc(Cl)cc23)ncc1Cl)C(=O)NCC(F)F.[HH].[HH].[HH].